The summed E-state index contributed by atoms with van der Waals surface area (Å²) in [6.45, 7) is 1.85. The van der Waals surface area contributed by atoms with Crippen LogP contribution in [0.15, 0.2) is 22.7 Å². The van der Waals surface area contributed by atoms with Gasteiger partial charge in [0.25, 0.3) is 0 Å². The van der Waals surface area contributed by atoms with Gasteiger partial charge in [-0.1, -0.05) is 22.0 Å². The number of benzene rings is 1. The Labute approximate surface area is 86.3 Å². The first-order chi connectivity index (χ1) is 6.20. The average Bonchev–Trinajstić information content (AvgIpc) is 2.16. The van der Waals surface area contributed by atoms with Gasteiger partial charge < -0.3 is 4.74 Å². The molecule has 1 aromatic carbocycles. The molecule has 0 bridgehead atoms. The van der Waals surface area contributed by atoms with Gasteiger partial charge in [0.2, 0.25) is 0 Å². The zero-order valence-corrected chi connectivity index (χ0v) is 9.13. The van der Waals surface area contributed by atoms with Crippen molar-refractivity contribution < 1.29 is 4.74 Å². The van der Waals surface area contributed by atoms with Crippen molar-refractivity contribution in [3.05, 3.63) is 28.2 Å². The first-order valence-corrected chi connectivity index (χ1v) is 4.72. The van der Waals surface area contributed by atoms with Gasteiger partial charge in [-0.25, -0.2) is 0 Å². The van der Waals surface area contributed by atoms with E-state index < -0.39 is 0 Å². The number of hydrogen-bond donors (Lipinski definition) is 0. The number of methoxy groups -OCH3 is 1. The molecule has 0 aliphatic rings. The minimum atomic E-state index is -0.162. The summed E-state index contributed by atoms with van der Waals surface area (Å²) in [5, 5.41) is 8.81. The van der Waals surface area contributed by atoms with E-state index in [1.54, 1.807) is 7.11 Å². The fourth-order valence-corrected chi connectivity index (χ4v) is 1.87. The molecule has 0 aromatic heterocycles. The van der Waals surface area contributed by atoms with Crippen LogP contribution in [0.25, 0.3) is 0 Å². The van der Waals surface area contributed by atoms with Crippen LogP contribution in [-0.4, -0.2) is 7.11 Å². The summed E-state index contributed by atoms with van der Waals surface area (Å²) in [5.74, 6) is 0.592. The summed E-state index contributed by atoms with van der Waals surface area (Å²) in [6.07, 6.45) is 0. The van der Waals surface area contributed by atoms with Crippen molar-refractivity contribution in [3.63, 3.8) is 0 Å². The highest BCUT2D eigenvalue weighted by Crippen LogP contribution is 2.32. The lowest BCUT2D eigenvalue weighted by Crippen LogP contribution is -1.96. The van der Waals surface area contributed by atoms with Crippen LogP contribution < -0.4 is 4.74 Å². The molecule has 0 heterocycles. The molecule has 0 aliphatic carbocycles. The van der Waals surface area contributed by atoms with Gasteiger partial charge in [-0.15, -0.1) is 0 Å². The van der Waals surface area contributed by atoms with Crippen molar-refractivity contribution in [2.24, 2.45) is 0 Å². The Morgan fingerprint density at radius 1 is 1.54 bits per heavy atom. The molecule has 0 spiro atoms. The molecule has 2 nitrogen and oxygen atoms in total. The second-order valence-electron chi connectivity index (χ2n) is 2.71. The van der Waals surface area contributed by atoms with Crippen molar-refractivity contribution in [2.45, 2.75) is 12.8 Å². The van der Waals surface area contributed by atoms with Crippen molar-refractivity contribution in [1.82, 2.24) is 0 Å². The zero-order valence-electron chi connectivity index (χ0n) is 7.54. The van der Waals surface area contributed by atoms with Crippen molar-refractivity contribution >= 4 is 15.9 Å². The molecule has 0 saturated heterocycles. The van der Waals surface area contributed by atoms with Crippen LogP contribution >= 0.6 is 15.9 Å². The second-order valence-corrected chi connectivity index (χ2v) is 3.56. The lowest BCUT2D eigenvalue weighted by Gasteiger charge is -2.11. The summed E-state index contributed by atoms with van der Waals surface area (Å²) in [6, 6.07) is 7.84. The van der Waals surface area contributed by atoms with Crippen molar-refractivity contribution in [2.75, 3.05) is 7.11 Å². The summed E-state index contributed by atoms with van der Waals surface area (Å²) < 4.78 is 6.09. The molecule has 0 radical (unpaired) electrons. The maximum absolute atomic E-state index is 8.81. The van der Waals surface area contributed by atoms with E-state index >= 15 is 0 Å². The smallest absolute Gasteiger partial charge is 0.124 e. The minimum absolute atomic E-state index is 0.162. The molecule has 1 rings (SSSR count). The Morgan fingerprint density at radius 2 is 2.23 bits per heavy atom. The second kappa shape index (κ2) is 4.29. The van der Waals surface area contributed by atoms with Crippen LogP contribution in [0, 0.1) is 11.3 Å². The van der Waals surface area contributed by atoms with E-state index in [2.05, 4.69) is 22.0 Å². The maximum atomic E-state index is 8.81. The third kappa shape index (κ3) is 2.02. The van der Waals surface area contributed by atoms with E-state index in [0.29, 0.717) is 0 Å². The minimum Gasteiger partial charge on any atom is -0.496 e. The molecule has 1 atom stereocenters. The molecule has 0 saturated carbocycles. The predicted octanol–water partition coefficient (Wildman–Crippen LogP) is 3.08. The Bertz CT molecular complexity index is 343. The Balaban J connectivity index is 3.24. The monoisotopic (exact) mass is 239 g/mol. The molecule has 0 amide bonds. The fraction of sp³-hybridized carbons (Fsp3) is 0.300. The molecular weight excluding hydrogens is 230 g/mol. The van der Waals surface area contributed by atoms with E-state index in [-0.39, 0.29) is 5.92 Å². The molecule has 13 heavy (non-hydrogen) atoms. The van der Waals surface area contributed by atoms with E-state index in [0.717, 1.165) is 15.8 Å². The zero-order chi connectivity index (χ0) is 9.84. The molecule has 1 unspecified atom stereocenters. The molecule has 3 heteroatoms. The molecular formula is C10H10BrNO. The number of rotatable bonds is 2. The van der Waals surface area contributed by atoms with Gasteiger partial charge in [0.05, 0.1) is 19.1 Å². The van der Waals surface area contributed by atoms with Crippen molar-refractivity contribution in [3.8, 4) is 11.8 Å². The van der Waals surface area contributed by atoms with Gasteiger partial charge in [-0.05, 0) is 19.1 Å². The molecule has 0 N–H and O–H groups in total. The maximum Gasteiger partial charge on any atom is 0.124 e. The predicted molar refractivity (Wildman–Crippen MR) is 54.7 cm³/mol. The van der Waals surface area contributed by atoms with Crippen molar-refractivity contribution in [1.29, 1.82) is 5.26 Å². The Kier molecular flexibility index (Phi) is 3.32. The first-order valence-electron chi connectivity index (χ1n) is 3.92. The summed E-state index contributed by atoms with van der Waals surface area (Å²) in [5.41, 5.74) is 0.910. The summed E-state index contributed by atoms with van der Waals surface area (Å²) >= 11 is 3.40. The Morgan fingerprint density at radius 3 is 2.77 bits per heavy atom. The number of ether oxygens (including phenoxy) is 1. The number of halogens is 1. The van der Waals surface area contributed by atoms with Crippen LogP contribution in [0.4, 0.5) is 0 Å². The lowest BCUT2D eigenvalue weighted by atomic mass is 10.0. The molecule has 0 fully saturated rings. The summed E-state index contributed by atoms with van der Waals surface area (Å²) in [7, 11) is 1.61. The standard InChI is InChI=1S/C10H10BrNO/c1-7(6-12)10-8(11)4-3-5-9(10)13-2/h3-5,7H,1-2H3. The highest BCUT2D eigenvalue weighted by molar-refractivity contribution is 9.10. The van der Waals surface area contributed by atoms with Crippen LogP contribution in [0.3, 0.4) is 0 Å². The number of hydrogen-bond acceptors (Lipinski definition) is 2. The highest BCUT2D eigenvalue weighted by Gasteiger charge is 2.13. The SMILES string of the molecule is COc1cccc(Br)c1C(C)C#N. The van der Waals surface area contributed by atoms with Gasteiger partial charge in [0.15, 0.2) is 0 Å². The Hall–Kier alpha value is -1.01. The van der Waals surface area contributed by atoms with Gasteiger partial charge in [-0.2, -0.15) is 5.26 Å². The van der Waals surface area contributed by atoms with Gasteiger partial charge in [0.1, 0.15) is 5.75 Å². The van der Waals surface area contributed by atoms with Crippen LogP contribution in [-0.2, 0) is 0 Å². The molecule has 68 valence electrons. The van der Waals surface area contributed by atoms with Gasteiger partial charge >= 0.3 is 0 Å². The van der Waals surface area contributed by atoms with Gasteiger partial charge in [-0.3, -0.25) is 0 Å². The summed E-state index contributed by atoms with van der Waals surface area (Å²) in [4.78, 5) is 0. The number of nitrogens with zero attached hydrogens (tertiary/aromatic N) is 1. The topological polar surface area (TPSA) is 33.0 Å². The van der Waals surface area contributed by atoms with E-state index in [1.807, 2.05) is 25.1 Å². The fourth-order valence-electron chi connectivity index (χ4n) is 1.18. The van der Waals surface area contributed by atoms with Crippen LogP contribution in [0.1, 0.15) is 18.4 Å². The average molecular weight is 240 g/mol. The first kappa shape index (κ1) is 10.1. The third-order valence-corrected chi connectivity index (χ3v) is 2.55. The number of nitriles is 1. The van der Waals surface area contributed by atoms with Crippen LogP contribution in [0.5, 0.6) is 5.75 Å². The third-order valence-electron chi connectivity index (χ3n) is 1.86. The van der Waals surface area contributed by atoms with E-state index in [4.69, 9.17) is 10.00 Å². The molecule has 1 aromatic rings. The quantitative estimate of drug-likeness (QED) is 0.795. The lowest BCUT2D eigenvalue weighted by molar-refractivity contribution is 0.408. The van der Waals surface area contributed by atoms with E-state index in [9.17, 15) is 0 Å². The van der Waals surface area contributed by atoms with Crippen LogP contribution in [0.2, 0.25) is 0 Å². The molecule has 0 aliphatic heterocycles. The highest BCUT2D eigenvalue weighted by atomic mass is 79.9. The largest absolute Gasteiger partial charge is 0.496 e. The van der Waals surface area contributed by atoms with E-state index in [1.165, 1.54) is 0 Å². The van der Waals surface area contributed by atoms with Gasteiger partial charge in [0, 0.05) is 10.0 Å². The normalized spacial score (nSPS) is 11.8.